The van der Waals surface area contributed by atoms with Gasteiger partial charge in [0, 0.05) is 17.8 Å². The van der Waals surface area contributed by atoms with E-state index >= 15 is 0 Å². The quantitative estimate of drug-likeness (QED) is 0.367. The highest BCUT2D eigenvalue weighted by atomic mass is 35.5. The molecule has 114 valence electrons. The lowest BCUT2D eigenvalue weighted by Crippen LogP contribution is -2.42. The molecule has 2 N–H and O–H groups in total. The van der Waals surface area contributed by atoms with Crippen molar-refractivity contribution in [1.82, 2.24) is 5.32 Å². The summed E-state index contributed by atoms with van der Waals surface area (Å²) in [4.78, 5) is 10.0. The van der Waals surface area contributed by atoms with Crippen LogP contribution in [0.15, 0.2) is 24.3 Å². The van der Waals surface area contributed by atoms with Gasteiger partial charge >= 0.3 is 0 Å². The van der Waals surface area contributed by atoms with Crippen LogP contribution < -0.4 is 10.6 Å². The van der Waals surface area contributed by atoms with Gasteiger partial charge in [0.25, 0.3) is 5.69 Å². The number of nitro groups is 1. The van der Waals surface area contributed by atoms with Crippen molar-refractivity contribution in [2.75, 3.05) is 16.8 Å². The Kier molecular flexibility index (Phi) is 4.64. The number of non-ortho nitro benzene ring substituents is 1. The Balaban J connectivity index is 1.94. The van der Waals surface area contributed by atoms with E-state index in [9.17, 15) is 18.5 Å². The number of anilines is 1. The number of nitro benzene ring substituents is 1. The number of alkyl halides is 1. The summed E-state index contributed by atoms with van der Waals surface area (Å²) in [6.45, 7) is 0. The van der Waals surface area contributed by atoms with E-state index in [0.717, 1.165) is 0 Å². The van der Waals surface area contributed by atoms with Gasteiger partial charge in [-0.2, -0.15) is 0 Å². The molecule has 2 rings (SSSR count). The molecule has 7 nitrogen and oxygen atoms in total. The first-order valence-corrected chi connectivity index (χ1v) is 8.60. The fourth-order valence-electron chi connectivity index (χ4n) is 1.94. The van der Waals surface area contributed by atoms with Gasteiger partial charge in [-0.05, 0) is 24.4 Å². The zero-order chi connectivity index (χ0) is 15.6. The number of hydrogen-bond donors (Lipinski definition) is 2. The summed E-state index contributed by atoms with van der Waals surface area (Å²) in [6.07, 6.45) is 0. The summed E-state index contributed by atoms with van der Waals surface area (Å²) in [5, 5.41) is 15.9. The molecule has 21 heavy (non-hydrogen) atoms. The molecule has 1 saturated heterocycles. The molecule has 1 aliphatic rings. The molecule has 0 unspecified atom stereocenters. The predicted molar refractivity (Wildman–Crippen MR) is 84.5 cm³/mol. The average molecular weight is 350 g/mol. The van der Waals surface area contributed by atoms with Crippen LogP contribution in [0.25, 0.3) is 0 Å². The van der Waals surface area contributed by atoms with Crippen molar-refractivity contribution in [2.24, 2.45) is 0 Å². The summed E-state index contributed by atoms with van der Waals surface area (Å²) >= 11 is 11.0. The summed E-state index contributed by atoms with van der Waals surface area (Å²) in [7, 11) is -3.14. The maximum Gasteiger partial charge on any atom is 0.269 e. The van der Waals surface area contributed by atoms with Crippen LogP contribution in [0.5, 0.6) is 0 Å². The standard InChI is InChI=1S/C11H12ClN3O4S2/c12-9-5-21(18,19)6-10(9)14-11(20)13-7-1-3-8(4-2-7)15(16)17/h1-4,9-10H,5-6H2,(H2,13,14,20)/t9-,10+/m0/s1. The normalized spacial score (nSPS) is 23.5. The lowest BCUT2D eigenvalue weighted by Gasteiger charge is -2.17. The van der Waals surface area contributed by atoms with Crippen molar-refractivity contribution in [3.63, 3.8) is 0 Å². The van der Waals surface area contributed by atoms with Crippen LogP contribution in [0.2, 0.25) is 0 Å². The molecule has 0 amide bonds. The Morgan fingerprint density at radius 1 is 1.33 bits per heavy atom. The summed E-state index contributed by atoms with van der Waals surface area (Å²) in [6, 6.07) is 5.26. The number of benzene rings is 1. The second kappa shape index (κ2) is 6.12. The van der Waals surface area contributed by atoms with Gasteiger partial charge in [-0.25, -0.2) is 8.42 Å². The Labute approximate surface area is 131 Å². The van der Waals surface area contributed by atoms with Crippen LogP contribution in [-0.2, 0) is 9.84 Å². The Morgan fingerprint density at radius 2 is 1.95 bits per heavy atom. The Morgan fingerprint density at radius 3 is 2.43 bits per heavy atom. The van der Waals surface area contributed by atoms with Crippen LogP contribution in [0, 0.1) is 10.1 Å². The minimum atomic E-state index is -3.14. The van der Waals surface area contributed by atoms with E-state index in [1.807, 2.05) is 0 Å². The maximum absolute atomic E-state index is 11.4. The second-order valence-electron chi connectivity index (χ2n) is 4.60. The van der Waals surface area contributed by atoms with Crippen molar-refractivity contribution in [3.05, 3.63) is 34.4 Å². The zero-order valence-corrected chi connectivity index (χ0v) is 13.0. The third-order valence-corrected chi connectivity index (χ3v) is 5.53. The smallest absolute Gasteiger partial charge is 0.269 e. The first-order valence-electron chi connectivity index (χ1n) is 5.93. The molecular formula is C11H12ClN3O4S2. The van der Waals surface area contributed by atoms with E-state index < -0.39 is 26.2 Å². The fourth-order valence-corrected chi connectivity index (χ4v) is 4.76. The van der Waals surface area contributed by atoms with Crippen molar-refractivity contribution < 1.29 is 13.3 Å². The zero-order valence-electron chi connectivity index (χ0n) is 10.7. The minimum absolute atomic E-state index is 0.0258. The maximum atomic E-state index is 11.4. The van der Waals surface area contributed by atoms with E-state index in [4.69, 9.17) is 23.8 Å². The molecule has 1 aromatic rings. The van der Waals surface area contributed by atoms with Crippen molar-refractivity contribution in [2.45, 2.75) is 11.4 Å². The van der Waals surface area contributed by atoms with E-state index in [1.165, 1.54) is 24.3 Å². The predicted octanol–water partition coefficient (Wildman–Crippen LogP) is 1.29. The van der Waals surface area contributed by atoms with Gasteiger partial charge in [0.2, 0.25) is 0 Å². The molecule has 0 aromatic heterocycles. The molecular weight excluding hydrogens is 338 g/mol. The van der Waals surface area contributed by atoms with Gasteiger partial charge in [-0.15, -0.1) is 11.6 Å². The molecule has 0 radical (unpaired) electrons. The largest absolute Gasteiger partial charge is 0.357 e. The Bertz CT molecular complexity index is 663. The van der Waals surface area contributed by atoms with Crippen LogP contribution in [0.3, 0.4) is 0 Å². The van der Waals surface area contributed by atoms with Gasteiger partial charge in [0.15, 0.2) is 14.9 Å². The molecule has 1 aromatic carbocycles. The highest BCUT2D eigenvalue weighted by Gasteiger charge is 2.36. The highest BCUT2D eigenvalue weighted by molar-refractivity contribution is 7.91. The summed E-state index contributed by atoms with van der Waals surface area (Å²) in [5.41, 5.74) is 0.534. The lowest BCUT2D eigenvalue weighted by molar-refractivity contribution is -0.384. The first-order chi connectivity index (χ1) is 9.77. The number of nitrogens with one attached hydrogen (secondary N) is 2. The first kappa shape index (κ1) is 15.9. The monoisotopic (exact) mass is 349 g/mol. The number of nitrogens with zero attached hydrogens (tertiary/aromatic N) is 1. The third-order valence-electron chi connectivity index (χ3n) is 2.94. The van der Waals surface area contributed by atoms with Gasteiger partial charge in [0.05, 0.1) is 27.8 Å². The van der Waals surface area contributed by atoms with Gasteiger partial charge < -0.3 is 10.6 Å². The number of thiocarbonyl (C=S) groups is 1. The van der Waals surface area contributed by atoms with Crippen molar-refractivity contribution >= 4 is 50.1 Å². The van der Waals surface area contributed by atoms with Crippen molar-refractivity contribution in [3.8, 4) is 0 Å². The number of sulfone groups is 1. The number of rotatable bonds is 3. The molecule has 1 aliphatic heterocycles. The lowest BCUT2D eigenvalue weighted by atomic mass is 10.2. The molecule has 0 spiro atoms. The molecule has 10 heteroatoms. The fraction of sp³-hybridized carbons (Fsp3) is 0.364. The molecule has 2 atom stereocenters. The van der Waals surface area contributed by atoms with Gasteiger partial charge in [0.1, 0.15) is 0 Å². The Hall–Kier alpha value is -1.45. The van der Waals surface area contributed by atoms with E-state index in [-0.39, 0.29) is 22.3 Å². The van der Waals surface area contributed by atoms with E-state index in [0.29, 0.717) is 5.69 Å². The van der Waals surface area contributed by atoms with E-state index in [2.05, 4.69) is 10.6 Å². The van der Waals surface area contributed by atoms with Crippen molar-refractivity contribution in [1.29, 1.82) is 0 Å². The summed E-state index contributed by atoms with van der Waals surface area (Å²) < 4.78 is 22.9. The van der Waals surface area contributed by atoms with Gasteiger partial charge in [-0.3, -0.25) is 10.1 Å². The van der Waals surface area contributed by atoms with Crippen LogP contribution in [0.4, 0.5) is 11.4 Å². The third kappa shape index (κ3) is 4.26. The molecule has 0 bridgehead atoms. The second-order valence-corrected chi connectivity index (χ2v) is 7.72. The number of hydrogen-bond acceptors (Lipinski definition) is 5. The van der Waals surface area contributed by atoms with E-state index in [1.54, 1.807) is 0 Å². The van der Waals surface area contributed by atoms with Crippen LogP contribution >= 0.6 is 23.8 Å². The summed E-state index contributed by atoms with van der Waals surface area (Å²) in [5.74, 6) is -0.143. The molecule has 1 fully saturated rings. The van der Waals surface area contributed by atoms with Crippen LogP contribution in [-0.4, -0.2) is 41.4 Å². The molecule has 0 aliphatic carbocycles. The minimum Gasteiger partial charge on any atom is -0.357 e. The molecule has 1 heterocycles. The SMILES string of the molecule is O=[N+]([O-])c1ccc(NC(=S)N[C@@H]2CS(=O)(=O)C[C@@H]2Cl)cc1. The highest BCUT2D eigenvalue weighted by Crippen LogP contribution is 2.19. The number of halogens is 1. The average Bonchev–Trinajstić information content (AvgIpc) is 2.62. The van der Waals surface area contributed by atoms with Gasteiger partial charge in [-0.1, -0.05) is 0 Å². The topological polar surface area (TPSA) is 101 Å². The van der Waals surface area contributed by atoms with Crippen LogP contribution in [0.1, 0.15) is 0 Å². The molecule has 0 saturated carbocycles.